The Hall–Kier alpha value is -0.780. The van der Waals surface area contributed by atoms with Gasteiger partial charge in [0.2, 0.25) is 0 Å². The van der Waals surface area contributed by atoms with Crippen LogP contribution in [0.4, 0.5) is 0 Å². The highest BCUT2D eigenvalue weighted by atomic mass is 35.5. The molecule has 1 aromatic carbocycles. The lowest BCUT2D eigenvalue weighted by molar-refractivity contribution is 0.372. The molecule has 12 heavy (non-hydrogen) atoms. The third-order valence-corrected chi connectivity index (χ3v) is 1.66. The molecule has 0 spiro atoms. The molecule has 66 valence electrons. The van der Waals surface area contributed by atoms with Crippen LogP contribution in [0.15, 0.2) is 24.3 Å². The van der Waals surface area contributed by atoms with E-state index in [1.807, 2.05) is 0 Å². The van der Waals surface area contributed by atoms with Crippen LogP contribution >= 0.6 is 11.6 Å². The summed E-state index contributed by atoms with van der Waals surface area (Å²) >= 11 is 5.50. The van der Waals surface area contributed by atoms with E-state index in [1.165, 1.54) is 24.3 Å². The van der Waals surface area contributed by atoms with E-state index in [9.17, 15) is 13.0 Å². The van der Waals surface area contributed by atoms with E-state index in [1.54, 1.807) is 0 Å². The molecule has 4 nitrogen and oxygen atoms in total. The maximum Gasteiger partial charge on any atom is 0.262 e. The average Bonchev–Trinajstić information content (AvgIpc) is 1.91. The Morgan fingerprint density at radius 3 is 2.17 bits per heavy atom. The Bertz CT molecular complexity index is 356. The Kier molecular flexibility index (Phi) is 2.56. The van der Waals surface area contributed by atoms with Crippen molar-refractivity contribution in [1.29, 1.82) is 0 Å². The van der Waals surface area contributed by atoms with Crippen molar-refractivity contribution in [1.82, 2.24) is 0 Å². The van der Waals surface area contributed by atoms with Gasteiger partial charge in [-0.2, -0.15) is 0 Å². The normalized spacial score (nSPS) is 11.2. The van der Waals surface area contributed by atoms with Gasteiger partial charge in [-0.1, -0.05) is 11.6 Å². The standard InChI is InChI=1S/C6H5ClO4S/c7-5-1-3-6(4-2-5)11-12(8,9)10/h1-4H,(H,8,9,10)/p-1. The maximum absolute atomic E-state index is 10.1. The molecule has 1 aromatic rings. The molecule has 6 heteroatoms. The van der Waals surface area contributed by atoms with E-state index < -0.39 is 10.4 Å². The fourth-order valence-corrected chi connectivity index (χ4v) is 1.08. The van der Waals surface area contributed by atoms with Crippen molar-refractivity contribution < 1.29 is 17.2 Å². The molecule has 0 aliphatic rings. The molecule has 0 saturated carbocycles. The zero-order chi connectivity index (χ0) is 9.19. The van der Waals surface area contributed by atoms with Gasteiger partial charge in [-0.3, -0.25) is 0 Å². The first kappa shape index (κ1) is 9.31. The lowest BCUT2D eigenvalue weighted by Crippen LogP contribution is -2.06. The minimum absolute atomic E-state index is 0.0469. The van der Waals surface area contributed by atoms with Crippen LogP contribution in [0.2, 0.25) is 5.02 Å². The summed E-state index contributed by atoms with van der Waals surface area (Å²) in [6.07, 6.45) is 0. The van der Waals surface area contributed by atoms with E-state index in [0.717, 1.165) is 0 Å². The molecule has 0 aliphatic carbocycles. The van der Waals surface area contributed by atoms with Crippen molar-refractivity contribution in [2.45, 2.75) is 0 Å². The first-order chi connectivity index (χ1) is 5.47. The third kappa shape index (κ3) is 3.08. The van der Waals surface area contributed by atoms with Crippen molar-refractivity contribution in [2.75, 3.05) is 0 Å². The predicted octanol–water partition coefficient (Wildman–Crippen LogP) is 1.18. The Labute approximate surface area is 74.7 Å². The van der Waals surface area contributed by atoms with Crippen LogP contribution in [-0.2, 0) is 10.4 Å². The molecule has 0 radical (unpaired) electrons. The summed E-state index contributed by atoms with van der Waals surface area (Å²) in [5.41, 5.74) is 0. The van der Waals surface area contributed by atoms with E-state index in [0.29, 0.717) is 5.02 Å². The highest BCUT2D eigenvalue weighted by Gasteiger charge is 1.97. The molecule has 0 unspecified atom stereocenters. The Morgan fingerprint density at radius 1 is 1.25 bits per heavy atom. The Balaban J connectivity index is 2.85. The summed E-state index contributed by atoms with van der Waals surface area (Å²) < 4.78 is 34.2. The van der Waals surface area contributed by atoms with Gasteiger partial charge >= 0.3 is 0 Å². The predicted molar refractivity (Wildman–Crippen MR) is 41.8 cm³/mol. The minimum atomic E-state index is -4.68. The van der Waals surface area contributed by atoms with Gasteiger partial charge in [0.05, 0.1) is 0 Å². The van der Waals surface area contributed by atoms with Gasteiger partial charge in [0.15, 0.2) is 0 Å². The summed E-state index contributed by atoms with van der Waals surface area (Å²) in [5.74, 6) is -0.0469. The second-order valence-electron chi connectivity index (χ2n) is 1.95. The minimum Gasteiger partial charge on any atom is -0.716 e. The van der Waals surface area contributed by atoms with Crippen molar-refractivity contribution in [3.63, 3.8) is 0 Å². The molecule has 0 fully saturated rings. The van der Waals surface area contributed by atoms with Gasteiger partial charge in [0.25, 0.3) is 10.4 Å². The molecule has 0 saturated heterocycles. The number of halogens is 1. The molecule has 0 N–H and O–H groups in total. The zero-order valence-corrected chi connectivity index (χ0v) is 7.30. The van der Waals surface area contributed by atoms with Crippen LogP contribution in [0.25, 0.3) is 0 Å². The van der Waals surface area contributed by atoms with Crippen LogP contribution in [0.5, 0.6) is 5.75 Å². The first-order valence-electron chi connectivity index (χ1n) is 2.88. The van der Waals surface area contributed by atoms with Crippen LogP contribution in [0.3, 0.4) is 0 Å². The Morgan fingerprint density at radius 2 is 1.75 bits per heavy atom. The van der Waals surface area contributed by atoms with Gasteiger partial charge in [-0.05, 0) is 24.3 Å². The highest BCUT2D eigenvalue weighted by molar-refractivity contribution is 7.81. The van der Waals surface area contributed by atoms with Crippen LogP contribution < -0.4 is 4.18 Å². The first-order valence-corrected chi connectivity index (χ1v) is 4.59. The molecule has 0 aliphatic heterocycles. The molecule has 0 bridgehead atoms. The fourth-order valence-electron chi connectivity index (χ4n) is 0.608. The van der Waals surface area contributed by atoms with Crippen LogP contribution in [0, 0.1) is 0 Å². The fraction of sp³-hybridized carbons (Fsp3) is 0. The molecule has 0 heterocycles. The van der Waals surface area contributed by atoms with Gasteiger partial charge in [-0.25, -0.2) is 8.42 Å². The summed E-state index contributed by atoms with van der Waals surface area (Å²) in [5, 5.41) is 0.436. The van der Waals surface area contributed by atoms with Crippen molar-refractivity contribution in [3.8, 4) is 5.75 Å². The largest absolute Gasteiger partial charge is 0.716 e. The quantitative estimate of drug-likeness (QED) is 0.540. The molecular weight excluding hydrogens is 204 g/mol. The average molecular weight is 208 g/mol. The molecule has 1 rings (SSSR count). The third-order valence-electron chi connectivity index (χ3n) is 1.01. The maximum atomic E-state index is 10.1. The van der Waals surface area contributed by atoms with Crippen LogP contribution in [-0.4, -0.2) is 13.0 Å². The summed E-state index contributed by atoms with van der Waals surface area (Å²) in [6.45, 7) is 0. The molecule has 0 atom stereocenters. The topological polar surface area (TPSA) is 66.4 Å². The van der Waals surface area contributed by atoms with Gasteiger partial charge < -0.3 is 8.74 Å². The van der Waals surface area contributed by atoms with E-state index in [2.05, 4.69) is 4.18 Å². The second kappa shape index (κ2) is 3.30. The zero-order valence-electron chi connectivity index (χ0n) is 5.73. The van der Waals surface area contributed by atoms with Gasteiger partial charge in [0.1, 0.15) is 5.75 Å². The van der Waals surface area contributed by atoms with Gasteiger partial charge in [0, 0.05) is 5.02 Å². The van der Waals surface area contributed by atoms with Gasteiger partial charge in [-0.15, -0.1) is 0 Å². The number of hydrogen-bond acceptors (Lipinski definition) is 4. The summed E-state index contributed by atoms with van der Waals surface area (Å²) in [4.78, 5) is 0. The lowest BCUT2D eigenvalue weighted by Gasteiger charge is -2.07. The van der Waals surface area contributed by atoms with E-state index in [4.69, 9.17) is 11.6 Å². The van der Waals surface area contributed by atoms with Crippen molar-refractivity contribution >= 4 is 22.0 Å². The highest BCUT2D eigenvalue weighted by Crippen LogP contribution is 2.16. The monoisotopic (exact) mass is 207 g/mol. The van der Waals surface area contributed by atoms with E-state index >= 15 is 0 Å². The summed E-state index contributed by atoms with van der Waals surface area (Å²) in [7, 11) is -4.68. The van der Waals surface area contributed by atoms with Crippen LogP contribution in [0.1, 0.15) is 0 Å². The SMILES string of the molecule is O=S(=O)([O-])Oc1ccc(Cl)cc1. The number of rotatable bonds is 2. The number of hydrogen-bond donors (Lipinski definition) is 0. The smallest absolute Gasteiger partial charge is 0.262 e. The number of benzene rings is 1. The van der Waals surface area contributed by atoms with E-state index in [-0.39, 0.29) is 5.75 Å². The molecular formula is C6H4ClO4S-. The molecule has 0 aromatic heterocycles. The second-order valence-corrected chi connectivity index (χ2v) is 3.37. The van der Waals surface area contributed by atoms with Crippen molar-refractivity contribution in [2.24, 2.45) is 0 Å². The van der Waals surface area contributed by atoms with Crippen molar-refractivity contribution in [3.05, 3.63) is 29.3 Å². The molecule has 0 amide bonds. The summed E-state index contributed by atoms with van der Waals surface area (Å²) in [6, 6.07) is 5.42. The lowest BCUT2D eigenvalue weighted by atomic mass is 10.3.